The molecular formula is C6H4ClFNNaO3S. The van der Waals surface area contributed by atoms with Crippen LogP contribution in [0.15, 0.2) is 18.2 Å². The Bertz CT molecular complexity index is 425. The Morgan fingerprint density at radius 1 is 1.43 bits per heavy atom. The molecule has 0 spiro atoms. The number of nitrogens with one attached hydrogen (secondary N) is 1. The molecule has 1 aromatic rings. The van der Waals surface area contributed by atoms with Crippen LogP contribution < -0.4 is 34.3 Å². The molecule has 1 N–H and O–H groups in total. The Hall–Kier alpha value is 0.150. The molecule has 1 rings (SSSR count). The molecule has 0 amide bonds. The van der Waals surface area contributed by atoms with Crippen molar-refractivity contribution in [3.05, 3.63) is 29.0 Å². The molecule has 72 valence electrons. The van der Waals surface area contributed by atoms with Crippen molar-refractivity contribution < 1.29 is 46.9 Å². The number of halogens is 2. The van der Waals surface area contributed by atoms with Crippen LogP contribution in [-0.2, 0) is 10.3 Å². The Balaban J connectivity index is 0.00000169. The first-order chi connectivity index (χ1) is 5.88. The summed E-state index contributed by atoms with van der Waals surface area (Å²) in [5.41, 5.74) is -0.141. The van der Waals surface area contributed by atoms with Crippen LogP contribution in [0.25, 0.3) is 0 Å². The van der Waals surface area contributed by atoms with Crippen molar-refractivity contribution in [3.63, 3.8) is 0 Å². The van der Waals surface area contributed by atoms with Gasteiger partial charge in [-0.15, -0.1) is 0 Å². The minimum absolute atomic E-state index is 0. The number of hydrogen-bond donors (Lipinski definition) is 1. The van der Waals surface area contributed by atoms with E-state index in [0.29, 0.717) is 0 Å². The predicted molar refractivity (Wildman–Crippen MR) is 44.7 cm³/mol. The second-order valence-electron chi connectivity index (χ2n) is 2.18. The van der Waals surface area contributed by atoms with Crippen LogP contribution in [0.1, 0.15) is 0 Å². The zero-order valence-corrected chi connectivity index (χ0v) is 10.7. The third-order valence-electron chi connectivity index (χ3n) is 1.17. The summed E-state index contributed by atoms with van der Waals surface area (Å²) in [7, 11) is -4.62. The zero-order chi connectivity index (χ0) is 10.1. The molecule has 1 aromatic carbocycles. The molecule has 0 saturated heterocycles. The maximum absolute atomic E-state index is 12.4. The van der Waals surface area contributed by atoms with Crippen LogP contribution in [-0.4, -0.2) is 13.0 Å². The van der Waals surface area contributed by atoms with Gasteiger partial charge in [-0.1, -0.05) is 11.6 Å². The first-order valence-corrected chi connectivity index (χ1v) is 4.86. The van der Waals surface area contributed by atoms with Crippen LogP contribution in [0.5, 0.6) is 0 Å². The number of hydrogen-bond acceptors (Lipinski definition) is 3. The summed E-state index contributed by atoms with van der Waals surface area (Å²) in [6, 6.07) is 2.95. The van der Waals surface area contributed by atoms with Gasteiger partial charge in [0.05, 0.1) is 10.7 Å². The van der Waals surface area contributed by atoms with E-state index < -0.39 is 16.1 Å². The first-order valence-electron chi connectivity index (χ1n) is 3.07. The molecule has 8 heteroatoms. The van der Waals surface area contributed by atoms with Crippen molar-refractivity contribution >= 4 is 27.6 Å². The van der Waals surface area contributed by atoms with E-state index in [2.05, 4.69) is 0 Å². The number of anilines is 1. The number of rotatable bonds is 2. The van der Waals surface area contributed by atoms with Gasteiger partial charge < -0.3 is 4.55 Å². The van der Waals surface area contributed by atoms with Gasteiger partial charge in [-0.05, 0) is 18.2 Å². The number of benzene rings is 1. The molecule has 0 radical (unpaired) electrons. The van der Waals surface area contributed by atoms with E-state index in [1.807, 2.05) is 0 Å². The van der Waals surface area contributed by atoms with E-state index in [1.54, 1.807) is 4.72 Å². The molecule has 0 atom stereocenters. The predicted octanol–water partition coefficient (Wildman–Crippen LogP) is -1.64. The summed E-state index contributed by atoms with van der Waals surface area (Å²) in [6.45, 7) is 0. The van der Waals surface area contributed by atoms with Gasteiger partial charge in [0.2, 0.25) is 0 Å². The fourth-order valence-electron chi connectivity index (χ4n) is 0.707. The van der Waals surface area contributed by atoms with Crippen molar-refractivity contribution in [2.75, 3.05) is 4.72 Å². The van der Waals surface area contributed by atoms with Crippen LogP contribution in [0.2, 0.25) is 5.02 Å². The maximum atomic E-state index is 12.4. The van der Waals surface area contributed by atoms with Gasteiger partial charge in [0.1, 0.15) is 5.82 Å². The standard InChI is InChI=1S/C6H5ClFNO3S.Na/c7-5-3-4(8)1-2-6(5)9-13(10,11)12;/h1-3,9H,(H,10,11,12);/q;+1/p-1. The van der Waals surface area contributed by atoms with E-state index in [1.165, 1.54) is 0 Å². The van der Waals surface area contributed by atoms with Gasteiger partial charge in [0.25, 0.3) is 0 Å². The van der Waals surface area contributed by atoms with E-state index >= 15 is 0 Å². The summed E-state index contributed by atoms with van der Waals surface area (Å²) in [5.74, 6) is -0.612. The van der Waals surface area contributed by atoms with Gasteiger partial charge in [-0.25, -0.2) is 12.8 Å². The minimum Gasteiger partial charge on any atom is -0.731 e. The van der Waals surface area contributed by atoms with Crippen LogP contribution in [0, 0.1) is 5.82 Å². The van der Waals surface area contributed by atoms with E-state index in [0.717, 1.165) is 18.2 Å². The maximum Gasteiger partial charge on any atom is 1.00 e. The van der Waals surface area contributed by atoms with Gasteiger partial charge in [0.15, 0.2) is 10.3 Å². The third-order valence-corrected chi connectivity index (χ3v) is 1.95. The molecule has 0 aromatic heterocycles. The second-order valence-corrected chi connectivity index (χ2v) is 3.70. The Morgan fingerprint density at radius 2 is 2.00 bits per heavy atom. The molecule has 0 heterocycles. The smallest absolute Gasteiger partial charge is 0.731 e. The molecule has 0 fully saturated rings. The van der Waals surface area contributed by atoms with Gasteiger partial charge in [-0.3, -0.25) is 4.72 Å². The third kappa shape index (κ3) is 4.59. The fraction of sp³-hybridized carbons (Fsp3) is 0. The Morgan fingerprint density at radius 3 is 2.43 bits per heavy atom. The molecule has 0 aliphatic carbocycles. The summed E-state index contributed by atoms with van der Waals surface area (Å²) >= 11 is 5.43. The van der Waals surface area contributed by atoms with Gasteiger partial charge in [0, 0.05) is 0 Å². The summed E-state index contributed by atoms with van der Waals surface area (Å²) in [5, 5.41) is -0.167. The van der Waals surface area contributed by atoms with E-state index in [9.17, 15) is 17.4 Å². The second kappa shape index (κ2) is 5.29. The summed E-state index contributed by atoms with van der Waals surface area (Å²) in [4.78, 5) is 0. The van der Waals surface area contributed by atoms with Gasteiger partial charge in [-0.2, -0.15) is 0 Å². The van der Waals surface area contributed by atoms with Gasteiger partial charge >= 0.3 is 29.6 Å². The summed E-state index contributed by atoms with van der Waals surface area (Å²) < 4.78 is 44.7. The molecule has 0 bridgehead atoms. The van der Waals surface area contributed by atoms with E-state index in [4.69, 9.17) is 11.6 Å². The summed E-state index contributed by atoms with van der Waals surface area (Å²) in [6.07, 6.45) is 0. The van der Waals surface area contributed by atoms with Crippen molar-refractivity contribution in [1.82, 2.24) is 0 Å². The van der Waals surface area contributed by atoms with E-state index in [-0.39, 0.29) is 40.3 Å². The molecule has 4 nitrogen and oxygen atoms in total. The zero-order valence-electron chi connectivity index (χ0n) is 7.12. The Labute approximate surface area is 108 Å². The van der Waals surface area contributed by atoms with Crippen molar-refractivity contribution in [2.24, 2.45) is 0 Å². The molecule has 0 saturated carbocycles. The van der Waals surface area contributed by atoms with Crippen molar-refractivity contribution in [3.8, 4) is 0 Å². The fourth-order valence-corrected chi connectivity index (χ4v) is 1.42. The quantitative estimate of drug-likeness (QED) is 0.503. The molecule has 0 aliphatic heterocycles. The molecule has 0 aliphatic rings. The van der Waals surface area contributed by atoms with Crippen LogP contribution in [0.4, 0.5) is 10.1 Å². The first kappa shape index (κ1) is 14.2. The molecular weight excluding hydrogens is 244 g/mol. The van der Waals surface area contributed by atoms with Crippen molar-refractivity contribution in [1.29, 1.82) is 0 Å². The molecule has 0 unspecified atom stereocenters. The monoisotopic (exact) mass is 247 g/mol. The van der Waals surface area contributed by atoms with Crippen molar-refractivity contribution in [2.45, 2.75) is 0 Å². The Kier molecular flexibility index (Phi) is 5.35. The van der Waals surface area contributed by atoms with Crippen LogP contribution >= 0.6 is 11.6 Å². The average molecular weight is 248 g/mol. The SMILES string of the molecule is O=S(=O)([O-])Nc1ccc(F)cc1Cl.[Na+]. The average Bonchev–Trinajstić information content (AvgIpc) is 1.93. The largest absolute Gasteiger partial charge is 1.00 e. The minimum atomic E-state index is -4.62. The molecule has 14 heavy (non-hydrogen) atoms. The topological polar surface area (TPSA) is 69.2 Å². The normalized spacial score (nSPS) is 10.5. The van der Waals surface area contributed by atoms with Crippen LogP contribution in [0.3, 0.4) is 0 Å².